The highest BCUT2D eigenvalue weighted by molar-refractivity contribution is 7.89. The summed E-state index contributed by atoms with van der Waals surface area (Å²) < 4.78 is 30.7. The van der Waals surface area contributed by atoms with E-state index in [-0.39, 0.29) is 16.7 Å². The van der Waals surface area contributed by atoms with E-state index in [9.17, 15) is 13.2 Å². The molecule has 1 atom stereocenters. The number of fused-ring (bicyclic) bond motifs is 1. The van der Waals surface area contributed by atoms with Crippen LogP contribution in [0.25, 0.3) is 16.5 Å². The van der Waals surface area contributed by atoms with Crippen LogP contribution in [0.5, 0.6) is 0 Å². The van der Waals surface area contributed by atoms with Gasteiger partial charge in [0.1, 0.15) is 6.04 Å². The van der Waals surface area contributed by atoms with Crippen molar-refractivity contribution in [2.75, 3.05) is 7.05 Å². The Morgan fingerprint density at radius 1 is 1.00 bits per heavy atom. The summed E-state index contributed by atoms with van der Waals surface area (Å²) in [4.78, 5) is 14.9. The molecule has 0 aliphatic carbocycles. The molecule has 176 valence electrons. The molecule has 1 N–H and O–H groups in total. The molecule has 0 saturated carbocycles. The minimum atomic E-state index is -3.89. The average molecular weight is 477 g/mol. The van der Waals surface area contributed by atoms with Crippen LogP contribution in [0.3, 0.4) is 0 Å². The lowest BCUT2D eigenvalue weighted by molar-refractivity contribution is -0.133. The predicted molar refractivity (Wildman–Crippen MR) is 133 cm³/mol. The summed E-state index contributed by atoms with van der Waals surface area (Å²) in [6, 6.07) is 21.3. The summed E-state index contributed by atoms with van der Waals surface area (Å²) in [5.41, 5.74) is 1.77. The maximum absolute atomic E-state index is 13.3. The zero-order valence-electron chi connectivity index (χ0n) is 19.4. The quantitative estimate of drug-likeness (QED) is 0.417. The molecule has 34 heavy (non-hydrogen) atoms. The fraction of sp³-hybridized carbons (Fsp3) is 0.231. The number of hydrogen-bond acceptors (Lipinski definition) is 4. The van der Waals surface area contributed by atoms with E-state index >= 15 is 0 Å². The summed E-state index contributed by atoms with van der Waals surface area (Å²) in [6.07, 6.45) is 3.57. The minimum Gasteiger partial charge on any atom is -0.340 e. The topological polar surface area (TPSA) is 84.3 Å². The van der Waals surface area contributed by atoms with Crippen molar-refractivity contribution >= 4 is 26.7 Å². The van der Waals surface area contributed by atoms with Gasteiger partial charge in [0.2, 0.25) is 15.9 Å². The molecular formula is C26H28N4O3S. The number of carbonyl (C=O) groups excluding carboxylic acids is 1. The Balaban J connectivity index is 1.50. The van der Waals surface area contributed by atoms with E-state index in [0.717, 1.165) is 22.0 Å². The van der Waals surface area contributed by atoms with E-state index in [0.29, 0.717) is 6.54 Å². The van der Waals surface area contributed by atoms with Gasteiger partial charge in [-0.05, 0) is 41.0 Å². The molecule has 3 aromatic carbocycles. The second kappa shape index (κ2) is 9.79. The van der Waals surface area contributed by atoms with Crippen LogP contribution in [0, 0.1) is 5.92 Å². The first-order valence-corrected chi connectivity index (χ1v) is 12.6. The second-order valence-corrected chi connectivity index (χ2v) is 10.4. The first-order valence-electron chi connectivity index (χ1n) is 11.1. The normalized spacial score (nSPS) is 12.7. The smallest absolute Gasteiger partial charge is 0.241 e. The van der Waals surface area contributed by atoms with Crippen molar-refractivity contribution in [2.45, 2.75) is 31.3 Å². The number of hydrogen-bond donors (Lipinski definition) is 1. The average Bonchev–Trinajstić information content (AvgIpc) is 3.30. The third kappa shape index (κ3) is 5.18. The standard InChI is InChI=1S/C26H28N4O3S/c1-19(2)25(28-34(32,33)24-14-13-21-9-7-8-10-22(21)15-24)26(31)29(3)17-20-16-27-30(18-20)23-11-5-4-6-12-23/h4-16,18-19,25,28H,17H2,1-3H3. The molecule has 4 rings (SSSR count). The van der Waals surface area contributed by atoms with Crippen molar-refractivity contribution in [1.82, 2.24) is 19.4 Å². The van der Waals surface area contributed by atoms with Crippen LogP contribution in [0.15, 0.2) is 90.1 Å². The number of likely N-dealkylation sites (N-methyl/N-ethyl adjacent to an activating group) is 1. The van der Waals surface area contributed by atoms with Crippen molar-refractivity contribution in [1.29, 1.82) is 0 Å². The Hall–Kier alpha value is -3.49. The molecule has 0 spiro atoms. The molecule has 0 aliphatic rings. The van der Waals surface area contributed by atoms with Gasteiger partial charge in [-0.2, -0.15) is 9.82 Å². The number of nitrogens with one attached hydrogen (secondary N) is 1. The van der Waals surface area contributed by atoms with Crippen LogP contribution in [-0.2, 0) is 21.4 Å². The molecule has 0 radical (unpaired) electrons. The molecule has 0 saturated heterocycles. The molecule has 4 aromatic rings. The minimum absolute atomic E-state index is 0.136. The number of para-hydroxylation sites is 1. The van der Waals surface area contributed by atoms with E-state index in [4.69, 9.17) is 0 Å². The van der Waals surface area contributed by atoms with Crippen molar-refractivity contribution < 1.29 is 13.2 Å². The van der Waals surface area contributed by atoms with Gasteiger partial charge in [-0.25, -0.2) is 13.1 Å². The number of nitrogens with zero attached hydrogens (tertiary/aromatic N) is 3. The van der Waals surface area contributed by atoms with Gasteiger partial charge in [0.05, 0.1) is 16.8 Å². The summed E-state index contributed by atoms with van der Waals surface area (Å²) in [5, 5.41) is 6.15. The number of aromatic nitrogens is 2. The van der Waals surface area contributed by atoms with E-state index in [1.54, 1.807) is 36.1 Å². The van der Waals surface area contributed by atoms with Crippen molar-refractivity contribution in [3.8, 4) is 5.69 Å². The summed E-state index contributed by atoms with van der Waals surface area (Å²) in [6.45, 7) is 3.96. The molecule has 0 fully saturated rings. The van der Waals surface area contributed by atoms with E-state index in [1.165, 1.54) is 4.90 Å². The number of amides is 1. The SMILES string of the molecule is CC(C)C(NS(=O)(=O)c1ccc2ccccc2c1)C(=O)N(C)Cc1cnn(-c2ccccc2)c1. The molecule has 1 unspecified atom stereocenters. The van der Waals surface area contributed by atoms with Gasteiger partial charge in [-0.1, -0.05) is 62.4 Å². The predicted octanol–water partition coefficient (Wildman–Crippen LogP) is 3.99. The van der Waals surface area contributed by atoms with Gasteiger partial charge in [-0.3, -0.25) is 4.79 Å². The lowest BCUT2D eigenvalue weighted by atomic mass is 10.0. The monoisotopic (exact) mass is 476 g/mol. The molecule has 1 heterocycles. The van der Waals surface area contributed by atoms with E-state index in [2.05, 4.69) is 9.82 Å². The lowest BCUT2D eigenvalue weighted by Gasteiger charge is -2.26. The Labute approximate surface area is 200 Å². The Kier molecular flexibility index (Phi) is 6.81. The number of sulfonamides is 1. The van der Waals surface area contributed by atoms with Crippen LogP contribution >= 0.6 is 0 Å². The highest BCUT2D eigenvalue weighted by Gasteiger charge is 2.30. The number of rotatable bonds is 8. The highest BCUT2D eigenvalue weighted by atomic mass is 32.2. The van der Waals surface area contributed by atoms with Crippen LogP contribution < -0.4 is 4.72 Å². The Morgan fingerprint density at radius 3 is 2.38 bits per heavy atom. The largest absolute Gasteiger partial charge is 0.340 e. The summed E-state index contributed by atoms with van der Waals surface area (Å²) in [5.74, 6) is -0.538. The second-order valence-electron chi connectivity index (χ2n) is 8.67. The highest BCUT2D eigenvalue weighted by Crippen LogP contribution is 2.20. The number of carbonyl (C=O) groups is 1. The zero-order chi connectivity index (χ0) is 24.3. The molecular weight excluding hydrogens is 448 g/mol. The van der Waals surface area contributed by atoms with Crippen LogP contribution in [0.1, 0.15) is 19.4 Å². The van der Waals surface area contributed by atoms with Crippen molar-refractivity contribution in [2.24, 2.45) is 5.92 Å². The van der Waals surface area contributed by atoms with Crippen LogP contribution in [-0.4, -0.2) is 42.1 Å². The fourth-order valence-electron chi connectivity index (χ4n) is 3.79. The Bertz CT molecular complexity index is 1400. The van der Waals surface area contributed by atoms with Crippen LogP contribution in [0.4, 0.5) is 0 Å². The zero-order valence-corrected chi connectivity index (χ0v) is 20.2. The van der Waals surface area contributed by atoms with E-state index < -0.39 is 16.1 Å². The summed E-state index contributed by atoms with van der Waals surface area (Å²) >= 11 is 0. The van der Waals surface area contributed by atoms with Gasteiger partial charge < -0.3 is 4.90 Å². The molecule has 8 heteroatoms. The number of benzene rings is 3. The maximum Gasteiger partial charge on any atom is 0.241 e. The van der Waals surface area contributed by atoms with Gasteiger partial charge in [0, 0.05) is 25.4 Å². The third-order valence-corrected chi connectivity index (χ3v) is 7.14. The van der Waals surface area contributed by atoms with Crippen molar-refractivity contribution in [3.63, 3.8) is 0 Å². The maximum atomic E-state index is 13.3. The Morgan fingerprint density at radius 2 is 1.68 bits per heavy atom. The molecule has 0 bridgehead atoms. The van der Waals surface area contributed by atoms with Gasteiger partial charge in [-0.15, -0.1) is 0 Å². The molecule has 1 aromatic heterocycles. The molecule has 1 amide bonds. The molecule has 0 aliphatic heterocycles. The van der Waals surface area contributed by atoms with Gasteiger partial charge in [0.15, 0.2) is 0 Å². The molecule has 7 nitrogen and oxygen atoms in total. The van der Waals surface area contributed by atoms with Gasteiger partial charge in [0.25, 0.3) is 0 Å². The summed E-state index contributed by atoms with van der Waals surface area (Å²) in [7, 11) is -2.22. The van der Waals surface area contributed by atoms with Gasteiger partial charge >= 0.3 is 0 Å². The fourth-order valence-corrected chi connectivity index (χ4v) is 5.17. The third-order valence-electron chi connectivity index (χ3n) is 5.70. The lowest BCUT2D eigenvalue weighted by Crippen LogP contribution is -2.49. The first-order chi connectivity index (χ1) is 16.2. The van der Waals surface area contributed by atoms with Crippen molar-refractivity contribution in [3.05, 3.63) is 90.8 Å². The first kappa shape index (κ1) is 23.7. The van der Waals surface area contributed by atoms with E-state index in [1.807, 2.05) is 74.6 Å². The van der Waals surface area contributed by atoms with Crippen LogP contribution in [0.2, 0.25) is 0 Å².